The molecule has 4 nitrogen and oxygen atoms in total. The van der Waals surface area contributed by atoms with Gasteiger partial charge in [-0.1, -0.05) is 6.92 Å². The predicted molar refractivity (Wildman–Crippen MR) is 77.1 cm³/mol. The third-order valence-electron chi connectivity index (χ3n) is 3.25. The fourth-order valence-electron chi connectivity index (χ4n) is 2.16. The summed E-state index contributed by atoms with van der Waals surface area (Å²) in [5, 5.41) is 4.74. The molecule has 6 heteroatoms. The number of aromatic nitrogens is 1. The maximum absolute atomic E-state index is 5.83. The van der Waals surface area contributed by atoms with Gasteiger partial charge < -0.3 is 16.0 Å². The van der Waals surface area contributed by atoms with Crippen molar-refractivity contribution in [1.82, 2.24) is 9.27 Å². The second kappa shape index (κ2) is 5.93. The lowest BCUT2D eigenvalue weighted by Crippen LogP contribution is -2.38. The number of nitrogens with two attached hydrogens (primary N) is 1. The lowest BCUT2D eigenvalue weighted by molar-refractivity contribution is 0.229. The zero-order valence-electron chi connectivity index (χ0n) is 10.4. The summed E-state index contributed by atoms with van der Waals surface area (Å²) >= 11 is 3.15. The lowest BCUT2D eigenvalue weighted by Gasteiger charge is -2.31. The van der Waals surface area contributed by atoms with Gasteiger partial charge in [-0.25, -0.2) is 0 Å². The molecule has 3 N–H and O–H groups in total. The predicted octanol–water partition coefficient (Wildman–Crippen LogP) is 2.34. The first-order valence-corrected chi connectivity index (χ1v) is 8.02. The van der Waals surface area contributed by atoms with Gasteiger partial charge in [-0.2, -0.15) is 4.37 Å². The number of nitrogens with one attached hydrogen (secondary N) is 1. The van der Waals surface area contributed by atoms with E-state index < -0.39 is 0 Å². The smallest absolute Gasteiger partial charge is 0.153 e. The maximum Gasteiger partial charge on any atom is 0.153 e. The number of nitrogens with zero attached hydrogens (tertiary/aromatic N) is 2. The van der Waals surface area contributed by atoms with Crippen LogP contribution >= 0.6 is 23.3 Å². The zero-order valence-corrected chi connectivity index (χ0v) is 12.0. The van der Waals surface area contributed by atoms with E-state index in [0.29, 0.717) is 11.9 Å². The minimum absolute atomic E-state index is 0.573. The van der Waals surface area contributed by atoms with Crippen LogP contribution in [0.3, 0.4) is 0 Å². The third-order valence-corrected chi connectivity index (χ3v) is 4.99. The van der Waals surface area contributed by atoms with Gasteiger partial charge in [0.2, 0.25) is 0 Å². The van der Waals surface area contributed by atoms with Crippen molar-refractivity contribution in [2.24, 2.45) is 0 Å². The number of nitrogen functional groups attached to an aromatic ring is 1. The van der Waals surface area contributed by atoms with Crippen molar-refractivity contribution < 1.29 is 0 Å². The van der Waals surface area contributed by atoms with Crippen LogP contribution in [0.25, 0.3) is 0 Å². The van der Waals surface area contributed by atoms with E-state index >= 15 is 0 Å². The molecule has 2 heterocycles. The van der Waals surface area contributed by atoms with Crippen LogP contribution < -0.4 is 11.1 Å². The van der Waals surface area contributed by atoms with E-state index in [1.54, 1.807) is 11.8 Å². The molecule has 0 aromatic carbocycles. The standard InChI is InChI=1S/C11H20N4S2/c1-3-15-6-4-8(5-7-15)13-11-9(16-2)10(12)14-17-11/h8,13H,3-7H2,1-2H3,(H2,12,14). The SMILES string of the molecule is CCN1CCC(Nc2snc(N)c2SC)CC1. The molecule has 0 atom stereocenters. The van der Waals surface area contributed by atoms with Crippen molar-refractivity contribution in [2.45, 2.75) is 30.7 Å². The van der Waals surface area contributed by atoms with E-state index in [1.807, 2.05) is 6.26 Å². The van der Waals surface area contributed by atoms with Crippen LogP contribution in [0.1, 0.15) is 19.8 Å². The van der Waals surface area contributed by atoms with Crippen LogP contribution in [0, 0.1) is 0 Å². The van der Waals surface area contributed by atoms with Crippen molar-refractivity contribution in [1.29, 1.82) is 0 Å². The Morgan fingerprint density at radius 1 is 1.53 bits per heavy atom. The number of piperidine rings is 1. The summed E-state index contributed by atoms with van der Waals surface area (Å²) in [6, 6.07) is 0.573. The van der Waals surface area contributed by atoms with Gasteiger partial charge in [0.1, 0.15) is 5.00 Å². The summed E-state index contributed by atoms with van der Waals surface area (Å²) in [5.41, 5.74) is 5.83. The first kappa shape index (κ1) is 13.0. The van der Waals surface area contributed by atoms with E-state index in [2.05, 4.69) is 21.5 Å². The Balaban J connectivity index is 1.93. The fraction of sp³-hybridized carbons (Fsp3) is 0.727. The molecule has 0 saturated carbocycles. The molecule has 1 fully saturated rings. The van der Waals surface area contributed by atoms with Crippen LogP contribution in [0.5, 0.6) is 0 Å². The minimum atomic E-state index is 0.573. The van der Waals surface area contributed by atoms with Gasteiger partial charge in [-0.05, 0) is 37.2 Å². The Hall–Kier alpha value is -0.460. The molecule has 0 amide bonds. The Kier molecular flexibility index (Phi) is 4.53. The number of likely N-dealkylation sites (tertiary alicyclic amines) is 1. The lowest BCUT2D eigenvalue weighted by atomic mass is 10.1. The fourth-order valence-corrected chi connectivity index (χ4v) is 3.77. The quantitative estimate of drug-likeness (QED) is 0.824. The Labute approximate surface area is 111 Å². The molecule has 1 aliphatic rings. The van der Waals surface area contributed by atoms with Crippen LogP contribution in [0.2, 0.25) is 0 Å². The second-order valence-electron chi connectivity index (χ2n) is 4.28. The second-order valence-corrected chi connectivity index (χ2v) is 5.87. The molecule has 0 bridgehead atoms. The van der Waals surface area contributed by atoms with Crippen molar-refractivity contribution in [3.63, 3.8) is 0 Å². The average molecular weight is 272 g/mol. The number of anilines is 2. The van der Waals surface area contributed by atoms with E-state index in [9.17, 15) is 0 Å². The average Bonchev–Trinajstić information content (AvgIpc) is 2.71. The molecular weight excluding hydrogens is 252 g/mol. The molecule has 0 aliphatic carbocycles. The molecule has 0 unspecified atom stereocenters. The molecule has 0 spiro atoms. The summed E-state index contributed by atoms with van der Waals surface area (Å²) in [6.45, 7) is 5.77. The molecule has 1 aliphatic heterocycles. The molecule has 2 rings (SSSR count). The highest BCUT2D eigenvalue weighted by atomic mass is 32.2. The number of thioether (sulfide) groups is 1. The van der Waals surface area contributed by atoms with Gasteiger partial charge in [-0.15, -0.1) is 11.8 Å². The van der Waals surface area contributed by atoms with Crippen molar-refractivity contribution >= 4 is 34.1 Å². The van der Waals surface area contributed by atoms with E-state index in [4.69, 9.17) is 5.73 Å². The maximum atomic E-state index is 5.83. The Bertz CT molecular complexity index is 358. The monoisotopic (exact) mass is 272 g/mol. The minimum Gasteiger partial charge on any atom is -0.382 e. The highest BCUT2D eigenvalue weighted by Gasteiger charge is 2.20. The van der Waals surface area contributed by atoms with E-state index in [0.717, 1.165) is 16.4 Å². The third kappa shape index (κ3) is 3.05. The molecule has 96 valence electrons. The van der Waals surface area contributed by atoms with Gasteiger partial charge >= 0.3 is 0 Å². The highest BCUT2D eigenvalue weighted by Crippen LogP contribution is 2.35. The molecule has 1 saturated heterocycles. The highest BCUT2D eigenvalue weighted by molar-refractivity contribution is 7.99. The largest absolute Gasteiger partial charge is 0.382 e. The van der Waals surface area contributed by atoms with Crippen LogP contribution in [-0.2, 0) is 0 Å². The van der Waals surface area contributed by atoms with E-state index in [-0.39, 0.29) is 0 Å². The number of hydrogen-bond donors (Lipinski definition) is 2. The Morgan fingerprint density at radius 3 is 2.82 bits per heavy atom. The summed E-state index contributed by atoms with van der Waals surface area (Å²) in [7, 11) is 0. The summed E-state index contributed by atoms with van der Waals surface area (Å²) < 4.78 is 4.21. The molecule has 1 aromatic heterocycles. The summed E-state index contributed by atoms with van der Waals surface area (Å²) in [4.78, 5) is 3.60. The first-order chi connectivity index (χ1) is 8.24. The van der Waals surface area contributed by atoms with Gasteiger partial charge in [0, 0.05) is 19.1 Å². The van der Waals surface area contributed by atoms with Gasteiger partial charge in [-0.3, -0.25) is 0 Å². The van der Waals surface area contributed by atoms with Crippen molar-refractivity contribution in [3.8, 4) is 0 Å². The van der Waals surface area contributed by atoms with Crippen LogP contribution in [0.4, 0.5) is 10.8 Å². The van der Waals surface area contributed by atoms with Crippen molar-refractivity contribution in [2.75, 3.05) is 36.9 Å². The molecule has 0 radical (unpaired) electrons. The van der Waals surface area contributed by atoms with Crippen LogP contribution in [-0.4, -0.2) is 41.2 Å². The zero-order chi connectivity index (χ0) is 12.3. The summed E-state index contributed by atoms with van der Waals surface area (Å²) in [5.74, 6) is 0.663. The number of rotatable bonds is 4. The van der Waals surface area contributed by atoms with Crippen LogP contribution in [0.15, 0.2) is 4.90 Å². The normalized spacial score (nSPS) is 18.5. The van der Waals surface area contributed by atoms with Gasteiger partial charge in [0.25, 0.3) is 0 Å². The number of hydrogen-bond acceptors (Lipinski definition) is 6. The van der Waals surface area contributed by atoms with E-state index in [1.165, 1.54) is 37.5 Å². The first-order valence-electron chi connectivity index (χ1n) is 6.02. The van der Waals surface area contributed by atoms with Gasteiger partial charge in [0.05, 0.1) is 4.90 Å². The molecular formula is C11H20N4S2. The van der Waals surface area contributed by atoms with Gasteiger partial charge in [0.15, 0.2) is 5.82 Å². The Morgan fingerprint density at radius 2 is 2.24 bits per heavy atom. The topological polar surface area (TPSA) is 54.2 Å². The summed E-state index contributed by atoms with van der Waals surface area (Å²) in [6.07, 6.45) is 4.46. The molecule has 1 aromatic rings. The molecule has 17 heavy (non-hydrogen) atoms. The van der Waals surface area contributed by atoms with Crippen molar-refractivity contribution in [3.05, 3.63) is 0 Å².